The molecule has 0 radical (unpaired) electrons. The summed E-state index contributed by atoms with van der Waals surface area (Å²) in [4.78, 5) is 11.3. The average Bonchev–Trinajstić information content (AvgIpc) is 2.66. The molecule has 152 valence electrons. The van der Waals surface area contributed by atoms with Crippen LogP contribution in [-0.2, 0) is 21.4 Å². The van der Waals surface area contributed by atoms with Gasteiger partial charge in [0.15, 0.2) is 11.5 Å². The summed E-state index contributed by atoms with van der Waals surface area (Å²) in [6.45, 7) is 3.71. The Morgan fingerprint density at radius 1 is 1.00 bits per heavy atom. The van der Waals surface area contributed by atoms with E-state index < -0.39 is 10.0 Å². The lowest BCUT2D eigenvalue weighted by molar-refractivity contribution is -0.114. The molecular formula is C19H24N2O6S. The van der Waals surface area contributed by atoms with E-state index in [4.69, 9.17) is 14.2 Å². The van der Waals surface area contributed by atoms with Crippen LogP contribution < -0.4 is 24.2 Å². The van der Waals surface area contributed by atoms with Gasteiger partial charge in [0.2, 0.25) is 15.9 Å². The van der Waals surface area contributed by atoms with Gasteiger partial charge in [0.1, 0.15) is 5.75 Å². The zero-order valence-electron chi connectivity index (χ0n) is 16.2. The Morgan fingerprint density at radius 2 is 1.68 bits per heavy atom. The number of benzene rings is 2. The van der Waals surface area contributed by atoms with Gasteiger partial charge >= 0.3 is 0 Å². The number of amides is 1. The Labute approximate surface area is 164 Å². The molecule has 0 saturated heterocycles. The number of ether oxygens (including phenoxy) is 3. The monoisotopic (exact) mass is 408 g/mol. The molecule has 2 N–H and O–H groups in total. The maximum Gasteiger partial charge on any atom is 0.240 e. The van der Waals surface area contributed by atoms with E-state index in [9.17, 15) is 13.2 Å². The van der Waals surface area contributed by atoms with Gasteiger partial charge in [-0.05, 0) is 42.8 Å². The van der Waals surface area contributed by atoms with Crippen molar-refractivity contribution in [3.05, 3.63) is 42.0 Å². The zero-order chi connectivity index (χ0) is 20.7. The fraction of sp³-hybridized carbons (Fsp3) is 0.316. The molecule has 8 nitrogen and oxygen atoms in total. The molecule has 2 aromatic carbocycles. The van der Waals surface area contributed by atoms with E-state index in [0.717, 1.165) is 0 Å². The summed E-state index contributed by atoms with van der Waals surface area (Å²) >= 11 is 0. The lowest BCUT2D eigenvalue weighted by Gasteiger charge is -2.13. The quantitative estimate of drug-likeness (QED) is 0.661. The highest BCUT2D eigenvalue weighted by molar-refractivity contribution is 7.89. The summed E-state index contributed by atoms with van der Waals surface area (Å²) in [6, 6.07) is 9.44. The number of hydrogen-bond acceptors (Lipinski definition) is 6. The number of carbonyl (C=O) groups excluding carboxylic acids is 1. The van der Waals surface area contributed by atoms with Crippen LogP contribution in [0.5, 0.6) is 17.2 Å². The van der Waals surface area contributed by atoms with Crippen LogP contribution in [0.4, 0.5) is 5.69 Å². The molecule has 0 aliphatic carbocycles. The molecule has 0 atom stereocenters. The first-order valence-corrected chi connectivity index (χ1v) is 10.0. The van der Waals surface area contributed by atoms with Crippen molar-refractivity contribution >= 4 is 21.6 Å². The van der Waals surface area contributed by atoms with Crippen LogP contribution in [0.15, 0.2) is 41.3 Å². The lowest BCUT2D eigenvalue weighted by atomic mass is 10.2. The Kier molecular flexibility index (Phi) is 7.24. The number of nitrogens with one attached hydrogen (secondary N) is 2. The van der Waals surface area contributed by atoms with Crippen LogP contribution in [0.2, 0.25) is 0 Å². The number of rotatable bonds is 9. The molecule has 0 aliphatic heterocycles. The minimum Gasteiger partial charge on any atom is -0.495 e. The van der Waals surface area contributed by atoms with Crippen LogP contribution in [0.25, 0.3) is 0 Å². The third-order valence-corrected chi connectivity index (χ3v) is 5.19. The molecule has 0 aliphatic rings. The highest BCUT2D eigenvalue weighted by Gasteiger charge is 2.17. The second kappa shape index (κ2) is 9.43. The topological polar surface area (TPSA) is 103 Å². The van der Waals surface area contributed by atoms with Crippen molar-refractivity contribution in [2.75, 3.05) is 26.1 Å². The van der Waals surface area contributed by atoms with Gasteiger partial charge in [0.05, 0.1) is 31.4 Å². The van der Waals surface area contributed by atoms with Crippen molar-refractivity contribution in [3.8, 4) is 17.2 Å². The summed E-state index contributed by atoms with van der Waals surface area (Å²) in [5, 5.41) is 2.56. The minimum absolute atomic E-state index is 0.00981. The number of carbonyl (C=O) groups is 1. The van der Waals surface area contributed by atoms with Gasteiger partial charge in [0.25, 0.3) is 0 Å². The number of anilines is 1. The molecule has 0 unspecified atom stereocenters. The van der Waals surface area contributed by atoms with Crippen molar-refractivity contribution in [3.63, 3.8) is 0 Å². The Balaban J connectivity index is 2.22. The average molecular weight is 408 g/mol. The van der Waals surface area contributed by atoms with Crippen LogP contribution in [-0.4, -0.2) is 35.2 Å². The normalized spacial score (nSPS) is 11.0. The second-order valence-corrected chi connectivity index (χ2v) is 7.55. The smallest absolute Gasteiger partial charge is 0.240 e. The first-order chi connectivity index (χ1) is 13.3. The van der Waals surface area contributed by atoms with Gasteiger partial charge in [-0.2, -0.15) is 0 Å². The molecule has 0 saturated carbocycles. The molecule has 0 heterocycles. The number of methoxy groups -OCH3 is 2. The molecule has 2 aromatic rings. The van der Waals surface area contributed by atoms with E-state index in [-0.39, 0.29) is 23.0 Å². The lowest BCUT2D eigenvalue weighted by Crippen LogP contribution is -2.23. The largest absolute Gasteiger partial charge is 0.495 e. The van der Waals surface area contributed by atoms with E-state index in [1.807, 2.05) is 6.92 Å². The third kappa shape index (κ3) is 5.37. The molecule has 1 amide bonds. The van der Waals surface area contributed by atoms with E-state index >= 15 is 0 Å². The van der Waals surface area contributed by atoms with Crippen molar-refractivity contribution in [2.24, 2.45) is 0 Å². The summed E-state index contributed by atoms with van der Waals surface area (Å²) in [7, 11) is -0.836. The first kappa shape index (κ1) is 21.5. The van der Waals surface area contributed by atoms with E-state index in [0.29, 0.717) is 29.4 Å². The Bertz CT molecular complexity index is 943. The third-order valence-electron chi connectivity index (χ3n) is 3.79. The predicted molar refractivity (Wildman–Crippen MR) is 105 cm³/mol. The number of hydrogen-bond donors (Lipinski definition) is 2. The SMILES string of the molecule is CCOc1cc(CNS(=O)(=O)c2ccc(OC)c(NC(C)=O)c2)ccc1OC. The highest BCUT2D eigenvalue weighted by atomic mass is 32.2. The summed E-state index contributed by atoms with van der Waals surface area (Å²) < 4.78 is 43.7. The van der Waals surface area contributed by atoms with Crippen molar-refractivity contribution < 1.29 is 27.4 Å². The van der Waals surface area contributed by atoms with E-state index in [1.54, 1.807) is 18.2 Å². The molecule has 0 aromatic heterocycles. The molecule has 0 spiro atoms. The van der Waals surface area contributed by atoms with Gasteiger partial charge in [0, 0.05) is 13.5 Å². The molecule has 0 fully saturated rings. The highest BCUT2D eigenvalue weighted by Crippen LogP contribution is 2.29. The van der Waals surface area contributed by atoms with Crippen molar-refractivity contribution in [1.82, 2.24) is 4.72 Å². The fourth-order valence-corrected chi connectivity index (χ4v) is 3.55. The van der Waals surface area contributed by atoms with Crippen LogP contribution in [0, 0.1) is 0 Å². The minimum atomic E-state index is -3.81. The Morgan fingerprint density at radius 3 is 2.29 bits per heavy atom. The number of sulfonamides is 1. The molecule has 28 heavy (non-hydrogen) atoms. The maximum atomic E-state index is 12.7. The summed E-state index contributed by atoms with van der Waals surface area (Å²) in [6.07, 6.45) is 0. The van der Waals surface area contributed by atoms with Gasteiger partial charge in [-0.1, -0.05) is 6.07 Å². The molecule has 0 bridgehead atoms. The molecule has 2 rings (SSSR count). The first-order valence-electron chi connectivity index (χ1n) is 8.55. The second-order valence-electron chi connectivity index (χ2n) is 5.79. The van der Waals surface area contributed by atoms with Gasteiger partial charge in [-0.3, -0.25) is 4.79 Å². The van der Waals surface area contributed by atoms with E-state index in [2.05, 4.69) is 10.0 Å². The fourth-order valence-electron chi connectivity index (χ4n) is 2.50. The molecular weight excluding hydrogens is 384 g/mol. The maximum absolute atomic E-state index is 12.7. The van der Waals surface area contributed by atoms with Crippen LogP contribution in [0.3, 0.4) is 0 Å². The van der Waals surface area contributed by atoms with Gasteiger partial charge in [-0.15, -0.1) is 0 Å². The zero-order valence-corrected chi connectivity index (χ0v) is 17.1. The van der Waals surface area contributed by atoms with Crippen LogP contribution >= 0.6 is 0 Å². The van der Waals surface area contributed by atoms with Crippen molar-refractivity contribution in [1.29, 1.82) is 0 Å². The van der Waals surface area contributed by atoms with Crippen molar-refractivity contribution in [2.45, 2.75) is 25.3 Å². The van der Waals surface area contributed by atoms with Gasteiger partial charge < -0.3 is 19.5 Å². The summed E-state index contributed by atoms with van der Waals surface area (Å²) in [5.41, 5.74) is 0.990. The van der Waals surface area contributed by atoms with E-state index in [1.165, 1.54) is 39.3 Å². The van der Waals surface area contributed by atoms with Crippen LogP contribution in [0.1, 0.15) is 19.4 Å². The predicted octanol–water partition coefficient (Wildman–Crippen LogP) is 2.54. The standard InChI is InChI=1S/C19H24N2O6S/c1-5-27-19-10-14(6-8-18(19)26-4)12-20-28(23,24)15-7-9-17(25-3)16(11-15)21-13(2)22/h6-11,20H,5,12H2,1-4H3,(H,21,22). The summed E-state index contributed by atoms with van der Waals surface area (Å²) in [5.74, 6) is 1.15. The van der Waals surface area contributed by atoms with Gasteiger partial charge in [-0.25, -0.2) is 13.1 Å². The molecule has 9 heteroatoms. The Hall–Kier alpha value is -2.78.